The van der Waals surface area contributed by atoms with E-state index in [9.17, 15) is 18.0 Å². The highest BCUT2D eigenvalue weighted by atomic mass is 32.2. The third-order valence-electron chi connectivity index (χ3n) is 4.68. The van der Waals surface area contributed by atoms with E-state index in [0.29, 0.717) is 6.42 Å². The zero-order valence-corrected chi connectivity index (χ0v) is 16.3. The molecule has 0 radical (unpaired) electrons. The van der Waals surface area contributed by atoms with Crippen LogP contribution in [0.2, 0.25) is 0 Å². The van der Waals surface area contributed by atoms with Gasteiger partial charge in [0.05, 0.1) is 20.0 Å². The van der Waals surface area contributed by atoms with Crippen molar-refractivity contribution in [3.05, 3.63) is 0 Å². The van der Waals surface area contributed by atoms with E-state index in [0.717, 1.165) is 51.2 Å². The number of unbranched alkanes of at least 4 members (excludes halogenated alkanes) is 2. The van der Waals surface area contributed by atoms with Crippen molar-refractivity contribution in [3.8, 4) is 0 Å². The van der Waals surface area contributed by atoms with Gasteiger partial charge in [0.2, 0.25) is 5.91 Å². The van der Waals surface area contributed by atoms with Gasteiger partial charge < -0.3 is 10.1 Å². The van der Waals surface area contributed by atoms with Crippen LogP contribution in [-0.4, -0.2) is 46.3 Å². The summed E-state index contributed by atoms with van der Waals surface area (Å²) in [5, 5.41) is 2.92. The first-order chi connectivity index (χ1) is 11.7. The van der Waals surface area contributed by atoms with Gasteiger partial charge in [-0.05, 0) is 19.3 Å². The minimum Gasteiger partial charge on any atom is -0.468 e. The molecule has 0 heterocycles. The van der Waals surface area contributed by atoms with E-state index in [1.807, 2.05) is 6.92 Å². The number of methoxy groups -OCH3 is 1. The van der Waals surface area contributed by atoms with Crippen LogP contribution in [0.15, 0.2) is 0 Å². The van der Waals surface area contributed by atoms with E-state index in [1.54, 1.807) is 0 Å². The Hall–Kier alpha value is -1.15. The molecule has 1 unspecified atom stereocenters. The first-order valence-electron chi connectivity index (χ1n) is 8.99. The largest absolute Gasteiger partial charge is 0.468 e. The molecule has 1 rings (SSSR count). The molecule has 8 heteroatoms. The fourth-order valence-electron chi connectivity index (χ4n) is 3.16. The Morgan fingerprint density at radius 1 is 1.16 bits per heavy atom. The smallest absolute Gasteiger partial charge is 0.323 e. The van der Waals surface area contributed by atoms with Gasteiger partial charge >= 0.3 is 5.97 Å². The fraction of sp³-hybridized carbons (Fsp3) is 0.882. The molecule has 0 aromatic rings. The van der Waals surface area contributed by atoms with E-state index in [1.165, 1.54) is 7.11 Å². The number of nitrogens with one attached hydrogen (secondary N) is 1. The summed E-state index contributed by atoms with van der Waals surface area (Å²) < 4.78 is 32.6. The van der Waals surface area contributed by atoms with Crippen LogP contribution in [0.1, 0.15) is 64.7 Å². The lowest BCUT2D eigenvalue weighted by Gasteiger charge is -2.32. The van der Waals surface area contributed by atoms with Crippen molar-refractivity contribution in [3.63, 3.8) is 0 Å². The van der Waals surface area contributed by atoms with E-state index in [4.69, 9.17) is 8.92 Å². The first-order valence-corrected chi connectivity index (χ1v) is 10.8. The molecule has 7 nitrogen and oxygen atoms in total. The summed E-state index contributed by atoms with van der Waals surface area (Å²) in [6.45, 7) is 1.48. The summed E-state index contributed by atoms with van der Waals surface area (Å²) in [5.74, 6) is -1.24. The van der Waals surface area contributed by atoms with Gasteiger partial charge in [-0.25, -0.2) is 0 Å². The summed E-state index contributed by atoms with van der Waals surface area (Å²) in [6.07, 6.45) is 8.39. The monoisotopic (exact) mass is 377 g/mol. The summed E-state index contributed by atoms with van der Waals surface area (Å²) in [6, 6.07) is 0.00897. The highest BCUT2D eigenvalue weighted by Crippen LogP contribution is 2.30. The molecule has 1 aliphatic carbocycles. The van der Waals surface area contributed by atoms with Crippen molar-refractivity contribution in [2.75, 3.05) is 20.0 Å². The van der Waals surface area contributed by atoms with E-state index in [2.05, 4.69) is 5.32 Å². The van der Waals surface area contributed by atoms with Gasteiger partial charge in [-0.3, -0.25) is 13.8 Å². The van der Waals surface area contributed by atoms with Crippen LogP contribution in [0.4, 0.5) is 0 Å². The molecule has 1 amide bonds. The quantitative estimate of drug-likeness (QED) is 0.271. The third kappa shape index (κ3) is 6.93. The van der Waals surface area contributed by atoms with Gasteiger partial charge in [-0.1, -0.05) is 45.4 Å². The van der Waals surface area contributed by atoms with Crippen LogP contribution >= 0.6 is 0 Å². The fourth-order valence-corrected chi connectivity index (χ4v) is 3.57. The number of carbonyl (C=O) groups is 2. The third-order valence-corrected chi connectivity index (χ3v) is 5.22. The number of carbonyl (C=O) groups excluding carboxylic acids is 2. The molecule has 0 saturated heterocycles. The normalized spacial score (nSPS) is 18.4. The van der Waals surface area contributed by atoms with Crippen molar-refractivity contribution in [1.82, 2.24) is 5.32 Å². The Balaban J connectivity index is 3.01. The van der Waals surface area contributed by atoms with Crippen molar-refractivity contribution in [2.45, 2.75) is 70.8 Å². The second-order valence-corrected chi connectivity index (χ2v) is 8.45. The Bertz CT molecular complexity index is 541. The Morgan fingerprint density at radius 3 is 2.32 bits per heavy atom. The predicted octanol–water partition coefficient (Wildman–Crippen LogP) is 2.15. The van der Waals surface area contributed by atoms with Gasteiger partial charge in [0, 0.05) is 6.04 Å². The maximum absolute atomic E-state index is 13.0. The first kappa shape index (κ1) is 21.9. The van der Waals surface area contributed by atoms with Crippen LogP contribution < -0.4 is 5.32 Å². The number of ether oxygens (including phenoxy) is 1. The molecule has 0 aromatic heterocycles. The lowest BCUT2D eigenvalue weighted by Crippen LogP contribution is -2.53. The van der Waals surface area contributed by atoms with Crippen LogP contribution in [0.5, 0.6) is 0 Å². The molecule has 1 fully saturated rings. The minimum atomic E-state index is -3.78. The number of amides is 1. The van der Waals surface area contributed by atoms with Crippen molar-refractivity contribution in [2.24, 2.45) is 5.41 Å². The molecular formula is C17H31NO6S. The van der Waals surface area contributed by atoms with Crippen LogP contribution in [0, 0.1) is 5.41 Å². The summed E-state index contributed by atoms with van der Waals surface area (Å²) in [5.41, 5.74) is -1.63. The van der Waals surface area contributed by atoms with Crippen LogP contribution in [0.25, 0.3) is 0 Å². The molecule has 0 bridgehead atoms. The summed E-state index contributed by atoms with van der Waals surface area (Å²) >= 11 is 0. The Morgan fingerprint density at radius 2 is 1.80 bits per heavy atom. The SMILES string of the molecule is CCCCCC(COS(C)(=O)=O)(C(=O)NC1CCCCC1)C(=O)OC. The topological polar surface area (TPSA) is 98.8 Å². The van der Waals surface area contributed by atoms with Crippen LogP contribution in [-0.2, 0) is 28.6 Å². The predicted molar refractivity (Wildman–Crippen MR) is 94.4 cm³/mol. The highest BCUT2D eigenvalue weighted by Gasteiger charge is 2.48. The second kappa shape index (κ2) is 10.1. The average molecular weight is 378 g/mol. The van der Waals surface area contributed by atoms with E-state index < -0.39 is 34.0 Å². The molecule has 1 N–H and O–H groups in total. The molecule has 0 aliphatic heterocycles. The molecule has 1 aliphatic rings. The molecule has 25 heavy (non-hydrogen) atoms. The van der Waals surface area contributed by atoms with Crippen molar-refractivity contribution in [1.29, 1.82) is 0 Å². The molecule has 0 spiro atoms. The standard InChI is InChI=1S/C17H31NO6S/c1-4-5-9-12-17(16(20)23-2,13-24-25(3,21)22)15(19)18-14-10-7-6-8-11-14/h14H,4-13H2,1-3H3,(H,18,19). The maximum atomic E-state index is 13.0. The average Bonchev–Trinajstić information content (AvgIpc) is 2.57. The van der Waals surface area contributed by atoms with E-state index in [-0.39, 0.29) is 12.5 Å². The van der Waals surface area contributed by atoms with Gasteiger partial charge in [-0.15, -0.1) is 0 Å². The van der Waals surface area contributed by atoms with E-state index >= 15 is 0 Å². The zero-order chi connectivity index (χ0) is 18.9. The Labute approximate surface area is 151 Å². The summed E-state index contributed by atoms with van der Waals surface area (Å²) in [7, 11) is -2.58. The number of hydrogen-bond donors (Lipinski definition) is 1. The molecule has 1 atom stereocenters. The lowest BCUT2D eigenvalue weighted by molar-refractivity contribution is -0.162. The van der Waals surface area contributed by atoms with Crippen molar-refractivity contribution >= 4 is 22.0 Å². The van der Waals surface area contributed by atoms with Crippen LogP contribution in [0.3, 0.4) is 0 Å². The molecule has 0 aromatic carbocycles. The molecule has 1 saturated carbocycles. The van der Waals surface area contributed by atoms with Gasteiger partial charge in [0.25, 0.3) is 10.1 Å². The number of esters is 1. The number of hydrogen-bond acceptors (Lipinski definition) is 6. The maximum Gasteiger partial charge on any atom is 0.323 e. The lowest BCUT2D eigenvalue weighted by atomic mass is 9.81. The van der Waals surface area contributed by atoms with Crippen molar-refractivity contribution < 1.29 is 26.9 Å². The second-order valence-electron chi connectivity index (χ2n) is 6.81. The minimum absolute atomic E-state index is 0.00897. The summed E-state index contributed by atoms with van der Waals surface area (Å²) in [4.78, 5) is 25.4. The van der Waals surface area contributed by atoms with Gasteiger partial charge in [0.15, 0.2) is 5.41 Å². The molecule has 146 valence electrons. The zero-order valence-electron chi connectivity index (χ0n) is 15.5. The van der Waals surface area contributed by atoms with Gasteiger partial charge in [0.1, 0.15) is 0 Å². The highest BCUT2D eigenvalue weighted by molar-refractivity contribution is 7.85. The Kier molecular flexibility index (Phi) is 8.85. The number of rotatable bonds is 10. The van der Waals surface area contributed by atoms with Gasteiger partial charge in [-0.2, -0.15) is 8.42 Å². The molecular weight excluding hydrogens is 346 g/mol.